The maximum atomic E-state index is 12.8. The van der Waals surface area contributed by atoms with Crippen LogP contribution in [0, 0.1) is 0 Å². The zero-order valence-electron chi connectivity index (χ0n) is 19.0. The Morgan fingerprint density at radius 3 is 2.17 bits per heavy atom. The zero-order chi connectivity index (χ0) is 24.0. The number of carbonyl (C=O) groups is 1. The minimum absolute atomic E-state index is 0.0691. The van der Waals surface area contributed by atoms with Gasteiger partial charge in [-0.25, -0.2) is 0 Å². The molecule has 1 unspecified atom stereocenters. The van der Waals surface area contributed by atoms with Crippen molar-refractivity contribution in [1.82, 2.24) is 5.01 Å². The van der Waals surface area contributed by atoms with Crippen LogP contribution in [0.5, 0.6) is 11.5 Å². The lowest BCUT2D eigenvalue weighted by Crippen LogP contribution is -2.29. The predicted molar refractivity (Wildman–Crippen MR) is 140 cm³/mol. The molecule has 0 bridgehead atoms. The van der Waals surface area contributed by atoms with Gasteiger partial charge in [-0.1, -0.05) is 72.3 Å². The molecule has 174 valence electrons. The number of carbonyl (C=O) groups excluding carboxylic acids is 1. The van der Waals surface area contributed by atoms with Crippen molar-refractivity contribution in [1.29, 1.82) is 0 Å². The van der Waals surface area contributed by atoms with E-state index in [4.69, 9.17) is 21.4 Å². The zero-order valence-corrected chi connectivity index (χ0v) is 19.7. The van der Waals surface area contributed by atoms with Gasteiger partial charge >= 0.3 is 0 Å². The van der Waals surface area contributed by atoms with E-state index in [1.807, 2.05) is 102 Å². The molecule has 5 nitrogen and oxygen atoms in total. The van der Waals surface area contributed by atoms with Crippen molar-refractivity contribution in [3.8, 4) is 11.5 Å². The summed E-state index contributed by atoms with van der Waals surface area (Å²) in [5.74, 6) is 1.41. The molecule has 1 N–H and O–H groups in total. The molecule has 6 heteroatoms. The number of rotatable bonds is 7. The summed E-state index contributed by atoms with van der Waals surface area (Å²) in [6.45, 7) is 0.780. The van der Waals surface area contributed by atoms with E-state index in [-0.39, 0.29) is 18.4 Å². The van der Waals surface area contributed by atoms with Crippen LogP contribution in [-0.4, -0.2) is 29.7 Å². The van der Waals surface area contributed by atoms with Gasteiger partial charge in [-0.3, -0.25) is 9.80 Å². The highest BCUT2D eigenvalue weighted by molar-refractivity contribution is 6.30. The van der Waals surface area contributed by atoms with Crippen LogP contribution in [0.3, 0.4) is 0 Å². The number of ether oxygens (including phenoxy) is 1. The van der Waals surface area contributed by atoms with Gasteiger partial charge in [0, 0.05) is 23.2 Å². The maximum Gasteiger partial charge on any atom is 0.245 e. The van der Waals surface area contributed by atoms with Crippen LogP contribution < -0.4 is 10.1 Å². The summed E-state index contributed by atoms with van der Waals surface area (Å²) in [5, 5.41) is 10.3. The molecule has 1 aliphatic heterocycles. The van der Waals surface area contributed by atoms with E-state index >= 15 is 0 Å². The number of amides is 1. The second kappa shape index (κ2) is 10.5. The van der Waals surface area contributed by atoms with E-state index < -0.39 is 0 Å². The number of para-hydroxylation sites is 1. The number of nitrogens with one attached hydrogen (secondary N) is 1. The molecule has 0 aromatic heterocycles. The molecular formula is C29H24ClN3O2. The first kappa shape index (κ1) is 22.7. The molecule has 0 radical (unpaired) electrons. The maximum absolute atomic E-state index is 12.8. The molecule has 1 atom stereocenters. The normalized spacial score (nSPS) is 14.9. The number of hydrogen-bond donors (Lipinski definition) is 1. The van der Waals surface area contributed by atoms with Crippen molar-refractivity contribution < 1.29 is 9.53 Å². The molecule has 1 amide bonds. The van der Waals surface area contributed by atoms with E-state index in [0.717, 1.165) is 22.6 Å². The van der Waals surface area contributed by atoms with Crippen molar-refractivity contribution in [3.05, 3.63) is 125 Å². The average molecular weight is 482 g/mol. The highest BCUT2D eigenvalue weighted by Crippen LogP contribution is 2.29. The van der Waals surface area contributed by atoms with Gasteiger partial charge in [-0.05, 0) is 59.7 Å². The standard InChI is InChI=1S/C29H24ClN3O2/c30-23-13-11-22(12-14-23)29-27(21-7-3-1-4-8-21)19-33(32-29)20-28(34)31-24-15-17-26(18-16-24)35-25-9-5-2-6-10-25/h1-18,27H,19-20H2,(H,31,34). The van der Waals surface area contributed by atoms with E-state index in [9.17, 15) is 4.79 Å². The lowest BCUT2D eigenvalue weighted by atomic mass is 9.91. The highest BCUT2D eigenvalue weighted by Gasteiger charge is 2.30. The fraction of sp³-hybridized carbons (Fsp3) is 0.103. The smallest absolute Gasteiger partial charge is 0.245 e. The number of anilines is 1. The van der Waals surface area contributed by atoms with E-state index in [1.54, 1.807) is 0 Å². The molecule has 0 spiro atoms. The molecule has 0 saturated carbocycles. The fourth-order valence-electron chi connectivity index (χ4n) is 4.09. The second-order valence-corrected chi connectivity index (χ2v) is 8.73. The summed E-state index contributed by atoms with van der Waals surface area (Å²) in [5.41, 5.74) is 3.80. The monoisotopic (exact) mass is 481 g/mol. The summed E-state index contributed by atoms with van der Waals surface area (Å²) in [4.78, 5) is 12.8. The molecular weight excluding hydrogens is 458 g/mol. The van der Waals surface area contributed by atoms with Crippen molar-refractivity contribution >= 4 is 28.9 Å². The number of benzene rings is 4. The lowest BCUT2D eigenvalue weighted by molar-refractivity contribution is -0.117. The van der Waals surface area contributed by atoms with Crippen LogP contribution in [0.25, 0.3) is 0 Å². The Balaban J connectivity index is 1.26. The number of nitrogens with zero attached hydrogens (tertiary/aromatic N) is 2. The van der Waals surface area contributed by atoms with E-state index in [1.165, 1.54) is 0 Å². The number of hydrogen-bond acceptors (Lipinski definition) is 4. The topological polar surface area (TPSA) is 53.9 Å². The van der Waals surface area contributed by atoms with Gasteiger partial charge in [-0.2, -0.15) is 5.10 Å². The van der Waals surface area contributed by atoms with Crippen molar-refractivity contribution in [2.45, 2.75) is 5.92 Å². The first-order valence-corrected chi connectivity index (χ1v) is 11.8. The van der Waals surface area contributed by atoms with Crippen molar-refractivity contribution in [3.63, 3.8) is 0 Å². The highest BCUT2D eigenvalue weighted by atomic mass is 35.5. The molecule has 4 aromatic rings. The first-order valence-electron chi connectivity index (χ1n) is 11.4. The number of hydrazone groups is 1. The molecule has 5 rings (SSSR count). The summed E-state index contributed by atoms with van der Waals surface area (Å²) in [7, 11) is 0. The SMILES string of the molecule is O=C(CN1CC(c2ccccc2)C(c2ccc(Cl)cc2)=N1)Nc1ccc(Oc2ccccc2)cc1. The minimum atomic E-state index is -0.130. The number of halogens is 1. The minimum Gasteiger partial charge on any atom is -0.457 e. The van der Waals surface area contributed by atoms with Crippen LogP contribution in [0.2, 0.25) is 5.02 Å². The van der Waals surface area contributed by atoms with Gasteiger partial charge in [0.2, 0.25) is 5.91 Å². The van der Waals surface area contributed by atoms with Crippen LogP contribution in [0.15, 0.2) is 114 Å². The fourth-order valence-corrected chi connectivity index (χ4v) is 4.21. The van der Waals surface area contributed by atoms with Crippen LogP contribution in [-0.2, 0) is 4.79 Å². The predicted octanol–water partition coefficient (Wildman–Crippen LogP) is 6.57. The van der Waals surface area contributed by atoms with Crippen LogP contribution in [0.4, 0.5) is 5.69 Å². The third kappa shape index (κ3) is 5.70. The lowest BCUT2D eigenvalue weighted by Gasteiger charge is -2.16. The van der Waals surface area contributed by atoms with Crippen LogP contribution >= 0.6 is 11.6 Å². The Morgan fingerprint density at radius 2 is 1.49 bits per heavy atom. The Labute approximate surface area is 209 Å². The molecule has 0 fully saturated rings. The second-order valence-electron chi connectivity index (χ2n) is 8.29. The summed E-state index contributed by atoms with van der Waals surface area (Å²) in [6.07, 6.45) is 0. The molecule has 0 aliphatic carbocycles. The Morgan fingerprint density at radius 1 is 0.857 bits per heavy atom. The molecule has 1 heterocycles. The Hall–Kier alpha value is -4.09. The molecule has 4 aromatic carbocycles. The van der Waals surface area contributed by atoms with Gasteiger partial charge in [0.25, 0.3) is 0 Å². The van der Waals surface area contributed by atoms with E-state index in [0.29, 0.717) is 23.0 Å². The molecule has 1 aliphatic rings. The Kier molecular flexibility index (Phi) is 6.77. The van der Waals surface area contributed by atoms with Gasteiger partial charge in [0.05, 0.1) is 5.71 Å². The van der Waals surface area contributed by atoms with Crippen LogP contribution in [0.1, 0.15) is 17.0 Å². The Bertz CT molecular complexity index is 1310. The quantitative estimate of drug-likeness (QED) is 0.324. The van der Waals surface area contributed by atoms with Gasteiger partial charge in [0.1, 0.15) is 18.0 Å². The largest absolute Gasteiger partial charge is 0.457 e. The van der Waals surface area contributed by atoms with Crippen molar-refractivity contribution in [2.75, 3.05) is 18.4 Å². The molecule has 35 heavy (non-hydrogen) atoms. The van der Waals surface area contributed by atoms with Gasteiger partial charge in [0.15, 0.2) is 0 Å². The summed E-state index contributed by atoms with van der Waals surface area (Å²) in [6, 6.07) is 34.8. The third-order valence-electron chi connectivity index (χ3n) is 5.76. The third-order valence-corrected chi connectivity index (χ3v) is 6.01. The first-order chi connectivity index (χ1) is 17.1. The van der Waals surface area contributed by atoms with Gasteiger partial charge < -0.3 is 10.1 Å². The summed E-state index contributed by atoms with van der Waals surface area (Å²) < 4.78 is 5.81. The van der Waals surface area contributed by atoms with Gasteiger partial charge in [-0.15, -0.1) is 0 Å². The summed E-state index contributed by atoms with van der Waals surface area (Å²) >= 11 is 6.09. The molecule has 0 saturated heterocycles. The van der Waals surface area contributed by atoms with Crippen molar-refractivity contribution in [2.24, 2.45) is 5.10 Å². The average Bonchev–Trinajstić information content (AvgIpc) is 3.30. The van der Waals surface area contributed by atoms with E-state index in [2.05, 4.69) is 17.4 Å².